The molecular formula is C21H25NO3S. The topological polar surface area (TPSA) is 55.4 Å². The second-order valence-corrected chi connectivity index (χ2v) is 7.44. The quantitative estimate of drug-likeness (QED) is 0.423. The van der Waals surface area contributed by atoms with Crippen LogP contribution in [0.2, 0.25) is 0 Å². The first-order chi connectivity index (χ1) is 12.3. The van der Waals surface area contributed by atoms with Gasteiger partial charge in [0.2, 0.25) is 0 Å². The number of hydrogen-bond acceptors (Lipinski definition) is 5. The van der Waals surface area contributed by atoms with E-state index in [1.165, 1.54) is 0 Å². The minimum atomic E-state index is -0.781. The molecule has 0 heterocycles. The van der Waals surface area contributed by atoms with E-state index < -0.39 is 5.54 Å². The van der Waals surface area contributed by atoms with Crippen LogP contribution in [0.5, 0.6) is 0 Å². The van der Waals surface area contributed by atoms with Crippen molar-refractivity contribution in [2.75, 3.05) is 18.2 Å². The van der Waals surface area contributed by atoms with Gasteiger partial charge in [0.05, 0.1) is 17.7 Å². The zero-order valence-corrected chi connectivity index (χ0v) is 16.7. The number of rotatable bonds is 7. The van der Waals surface area contributed by atoms with Crippen molar-refractivity contribution >= 4 is 29.2 Å². The second-order valence-electron chi connectivity index (χ2n) is 6.56. The van der Waals surface area contributed by atoms with Crippen LogP contribution in [0.4, 0.5) is 5.69 Å². The molecule has 0 aliphatic heterocycles. The van der Waals surface area contributed by atoms with Crippen molar-refractivity contribution in [3.8, 4) is 0 Å². The molecule has 0 amide bonds. The van der Waals surface area contributed by atoms with Gasteiger partial charge in [0, 0.05) is 16.1 Å². The largest absolute Gasteiger partial charge is 0.462 e. The molecular weight excluding hydrogens is 346 g/mol. The Balaban J connectivity index is 2.19. The molecule has 4 nitrogen and oxygen atoms in total. The smallest absolute Gasteiger partial charge is 0.338 e. The average molecular weight is 372 g/mol. The van der Waals surface area contributed by atoms with Crippen LogP contribution in [0.1, 0.15) is 47.1 Å². The number of anilines is 1. The highest BCUT2D eigenvalue weighted by molar-refractivity contribution is 7.98. The Bertz CT molecular complexity index is 797. The number of esters is 1. The van der Waals surface area contributed by atoms with E-state index >= 15 is 0 Å². The Morgan fingerprint density at radius 2 is 1.69 bits per heavy atom. The van der Waals surface area contributed by atoms with Gasteiger partial charge >= 0.3 is 5.97 Å². The highest BCUT2D eigenvalue weighted by atomic mass is 32.2. The molecule has 0 aromatic heterocycles. The first kappa shape index (κ1) is 20.0. The summed E-state index contributed by atoms with van der Waals surface area (Å²) in [6, 6.07) is 12.9. The van der Waals surface area contributed by atoms with Crippen molar-refractivity contribution in [2.24, 2.45) is 0 Å². The molecule has 2 aromatic rings. The third kappa shape index (κ3) is 4.67. The maximum atomic E-state index is 12.9. The Kier molecular flexibility index (Phi) is 6.48. The summed E-state index contributed by atoms with van der Waals surface area (Å²) in [6.07, 6.45) is 2.01. The van der Waals surface area contributed by atoms with Gasteiger partial charge in [0.15, 0.2) is 5.78 Å². The predicted molar refractivity (Wildman–Crippen MR) is 107 cm³/mol. The Labute approximate surface area is 159 Å². The molecule has 5 heteroatoms. The van der Waals surface area contributed by atoms with Crippen molar-refractivity contribution in [2.45, 2.75) is 38.1 Å². The van der Waals surface area contributed by atoms with E-state index in [0.717, 1.165) is 16.1 Å². The first-order valence-electron chi connectivity index (χ1n) is 8.53. The lowest BCUT2D eigenvalue weighted by Gasteiger charge is -2.27. The van der Waals surface area contributed by atoms with Gasteiger partial charge in [-0.25, -0.2) is 4.79 Å². The summed E-state index contributed by atoms with van der Waals surface area (Å²) in [6.45, 7) is 7.74. The van der Waals surface area contributed by atoms with Gasteiger partial charge in [-0.3, -0.25) is 4.79 Å². The molecule has 26 heavy (non-hydrogen) atoms. The molecule has 0 saturated carbocycles. The normalized spacial score (nSPS) is 11.1. The van der Waals surface area contributed by atoms with Crippen LogP contribution in [-0.2, 0) is 4.74 Å². The van der Waals surface area contributed by atoms with E-state index in [-0.39, 0.29) is 11.8 Å². The minimum absolute atomic E-state index is 0.0130. The maximum absolute atomic E-state index is 12.9. The van der Waals surface area contributed by atoms with Crippen molar-refractivity contribution < 1.29 is 14.3 Å². The van der Waals surface area contributed by atoms with Crippen molar-refractivity contribution in [1.82, 2.24) is 0 Å². The summed E-state index contributed by atoms with van der Waals surface area (Å²) >= 11 is 1.64. The monoisotopic (exact) mass is 371 g/mol. The number of ether oxygens (including phenoxy) is 1. The van der Waals surface area contributed by atoms with Gasteiger partial charge < -0.3 is 10.1 Å². The van der Waals surface area contributed by atoms with E-state index in [2.05, 4.69) is 5.32 Å². The number of aryl methyl sites for hydroxylation is 1. The number of carbonyl (C=O) groups is 2. The molecule has 2 rings (SSSR count). The molecule has 1 N–H and O–H groups in total. The van der Waals surface area contributed by atoms with E-state index in [1.807, 2.05) is 57.4 Å². The van der Waals surface area contributed by atoms with Crippen LogP contribution in [0, 0.1) is 6.92 Å². The fourth-order valence-corrected chi connectivity index (χ4v) is 3.05. The SMILES string of the molecule is CCOC(=O)c1ccc(NC(C)(C)C(=O)c2ccc(SC)cc2)c(C)c1. The third-order valence-corrected chi connectivity index (χ3v) is 4.85. The van der Waals surface area contributed by atoms with Crippen molar-refractivity contribution in [3.63, 3.8) is 0 Å². The molecule has 138 valence electrons. The molecule has 0 radical (unpaired) electrons. The molecule has 2 aromatic carbocycles. The van der Waals surface area contributed by atoms with Crippen LogP contribution in [0.3, 0.4) is 0 Å². The maximum Gasteiger partial charge on any atom is 0.338 e. The lowest BCUT2D eigenvalue weighted by Crippen LogP contribution is -2.40. The molecule has 0 fully saturated rings. The number of benzene rings is 2. The Hall–Kier alpha value is -2.27. The van der Waals surface area contributed by atoms with Gasteiger partial charge in [0.1, 0.15) is 0 Å². The summed E-state index contributed by atoms with van der Waals surface area (Å²) in [5.74, 6) is -0.328. The van der Waals surface area contributed by atoms with E-state index in [1.54, 1.807) is 30.8 Å². The zero-order valence-electron chi connectivity index (χ0n) is 15.9. The summed E-state index contributed by atoms with van der Waals surface area (Å²) < 4.78 is 5.02. The van der Waals surface area contributed by atoms with Gasteiger partial charge in [-0.1, -0.05) is 12.1 Å². The zero-order chi connectivity index (χ0) is 19.3. The lowest BCUT2D eigenvalue weighted by atomic mass is 9.92. The van der Waals surface area contributed by atoms with Gasteiger partial charge in [-0.2, -0.15) is 0 Å². The highest BCUT2D eigenvalue weighted by Gasteiger charge is 2.29. The summed E-state index contributed by atoms with van der Waals surface area (Å²) in [5.41, 5.74) is 2.09. The Morgan fingerprint density at radius 3 is 2.23 bits per heavy atom. The molecule has 0 unspecified atom stereocenters. The first-order valence-corrected chi connectivity index (χ1v) is 9.75. The number of nitrogens with one attached hydrogen (secondary N) is 1. The van der Waals surface area contributed by atoms with Crippen LogP contribution < -0.4 is 5.32 Å². The number of hydrogen-bond donors (Lipinski definition) is 1. The van der Waals surface area contributed by atoms with Gasteiger partial charge in [-0.15, -0.1) is 11.8 Å². The van der Waals surface area contributed by atoms with Crippen LogP contribution in [0.15, 0.2) is 47.4 Å². The molecule has 0 aliphatic rings. The molecule has 0 saturated heterocycles. The van der Waals surface area contributed by atoms with Crippen LogP contribution >= 0.6 is 11.8 Å². The molecule has 0 bridgehead atoms. The predicted octanol–water partition coefficient (Wildman–Crippen LogP) is 4.97. The van der Waals surface area contributed by atoms with Crippen LogP contribution in [-0.4, -0.2) is 30.2 Å². The van der Waals surface area contributed by atoms with Gasteiger partial charge in [0.25, 0.3) is 0 Å². The minimum Gasteiger partial charge on any atom is -0.462 e. The fraction of sp³-hybridized carbons (Fsp3) is 0.333. The Morgan fingerprint density at radius 1 is 1.08 bits per heavy atom. The average Bonchev–Trinajstić information content (AvgIpc) is 2.63. The van der Waals surface area contributed by atoms with Crippen molar-refractivity contribution in [3.05, 3.63) is 59.2 Å². The molecule has 0 spiro atoms. The number of carbonyl (C=O) groups excluding carboxylic acids is 2. The second kappa shape index (κ2) is 8.41. The summed E-state index contributed by atoms with van der Waals surface area (Å²) in [7, 11) is 0. The number of Topliss-reactive ketones (excluding diaryl/α,β-unsaturated/α-hetero) is 1. The van der Waals surface area contributed by atoms with E-state index in [9.17, 15) is 9.59 Å². The van der Waals surface area contributed by atoms with E-state index in [0.29, 0.717) is 17.7 Å². The van der Waals surface area contributed by atoms with Crippen LogP contribution in [0.25, 0.3) is 0 Å². The third-order valence-electron chi connectivity index (χ3n) is 4.10. The lowest BCUT2D eigenvalue weighted by molar-refractivity contribution is 0.0526. The summed E-state index contributed by atoms with van der Waals surface area (Å²) in [4.78, 5) is 25.9. The van der Waals surface area contributed by atoms with Gasteiger partial charge in [-0.05, 0) is 69.8 Å². The standard InChI is InChI=1S/C21H25NO3S/c1-6-25-20(24)16-9-12-18(14(2)13-16)22-21(3,4)19(23)15-7-10-17(26-5)11-8-15/h7-13,22H,6H2,1-5H3. The number of thioether (sulfide) groups is 1. The summed E-state index contributed by atoms with van der Waals surface area (Å²) in [5, 5.41) is 3.30. The molecule has 0 atom stereocenters. The highest BCUT2D eigenvalue weighted by Crippen LogP contribution is 2.25. The fourth-order valence-electron chi connectivity index (χ4n) is 2.64. The molecule has 0 aliphatic carbocycles. The van der Waals surface area contributed by atoms with Crippen molar-refractivity contribution in [1.29, 1.82) is 0 Å². The number of ketones is 1. The van der Waals surface area contributed by atoms with E-state index in [4.69, 9.17) is 4.74 Å².